The van der Waals surface area contributed by atoms with Gasteiger partial charge in [-0.05, 0) is 66.2 Å². The van der Waals surface area contributed by atoms with Gasteiger partial charge in [-0.15, -0.1) is 0 Å². The van der Waals surface area contributed by atoms with Gasteiger partial charge in [-0.25, -0.2) is 14.4 Å². The van der Waals surface area contributed by atoms with Gasteiger partial charge >= 0.3 is 0 Å². The maximum Gasteiger partial charge on any atom is 0.227 e. The zero-order valence-electron chi connectivity index (χ0n) is 21.9. The SMILES string of the molecule is Cc1ccc2c(n1)oc1c(-c3nc4cc5ccccc5cc4n3-c3cccc4c3oc3ccccc34)ccc(F)c12. The molecule has 5 nitrogen and oxygen atoms in total. The summed E-state index contributed by atoms with van der Waals surface area (Å²) in [6, 6.07) is 33.6. The van der Waals surface area contributed by atoms with Crippen LogP contribution in [0.25, 0.3) is 82.9 Å². The van der Waals surface area contributed by atoms with E-state index < -0.39 is 0 Å². The first-order valence-corrected chi connectivity index (χ1v) is 13.4. The molecule has 41 heavy (non-hydrogen) atoms. The predicted octanol–water partition coefficient (Wildman–Crippen LogP) is 9.49. The number of fused-ring (bicyclic) bond motifs is 8. The van der Waals surface area contributed by atoms with Gasteiger partial charge in [0.05, 0.1) is 33.1 Å². The molecule has 0 aliphatic heterocycles. The highest BCUT2D eigenvalue weighted by atomic mass is 19.1. The number of pyridine rings is 1. The van der Waals surface area contributed by atoms with Crippen LogP contribution in [0.1, 0.15) is 5.69 Å². The van der Waals surface area contributed by atoms with E-state index in [0.29, 0.717) is 33.5 Å². The van der Waals surface area contributed by atoms with E-state index in [1.807, 2.05) is 61.5 Å². The Bertz CT molecular complexity index is 2520. The van der Waals surface area contributed by atoms with Gasteiger partial charge in [0.1, 0.15) is 17.2 Å². The van der Waals surface area contributed by atoms with Crippen LogP contribution in [-0.4, -0.2) is 14.5 Å². The molecule has 0 saturated heterocycles. The Balaban J connectivity index is 1.45. The summed E-state index contributed by atoms with van der Waals surface area (Å²) in [6.45, 7) is 1.89. The average molecular weight is 534 g/mol. The van der Waals surface area contributed by atoms with E-state index in [2.05, 4.69) is 45.9 Å². The van der Waals surface area contributed by atoms with E-state index in [4.69, 9.17) is 13.8 Å². The molecular formula is C35H20FN3O2. The van der Waals surface area contributed by atoms with E-state index >= 15 is 4.39 Å². The number of halogens is 1. The minimum atomic E-state index is -0.360. The molecule has 0 fully saturated rings. The fourth-order valence-electron chi connectivity index (χ4n) is 6.09. The van der Waals surface area contributed by atoms with Crippen LogP contribution in [-0.2, 0) is 0 Å². The Labute approximate surface area is 232 Å². The molecule has 0 radical (unpaired) electrons. The Hall–Kier alpha value is -5.49. The van der Waals surface area contributed by atoms with Crippen molar-refractivity contribution in [2.45, 2.75) is 6.92 Å². The largest absolute Gasteiger partial charge is 0.454 e. The van der Waals surface area contributed by atoms with E-state index in [1.54, 1.807) is 6.07 Å². The second-order valence-corrected chi connectivity index (χ2v) is 10.4. The molecule has 4 aromatic heterocycles. The van der Waals surface area contributed by atoms with Gasteiger partial charge in [0, 0.05) is 16.5 Å². The van der Waals surface area contributed by atoms with Crippen LogP contribution in [0.15, 0.2) is 112 Å². The van der Waals surface area contributed by atoms with Gasteiger partial charge in [-0.2, -0.15) is 0 Å². The quantitative estimate of drug-likeness (QED) is 0.222. The van der Waals surface area contributed by atoms with Crippen LogP contribution in [0, 0.1) is 12.7 Å². The summed E-state index contributed by atoms with van der Waals surface area (Å²) in [7, 11) is 0. The molecule has 0 amide bonds. The van der Waals surface area contributed by atoms with Crippen LogP contribution in [0.4, 0.5) is 4.39 Å². The molecule has 4 heterocycles. The number of nitrogens with zero attached hydrogens (tertiary/aromatic N) is 3. The summed E-state index contributed by atoms with van der Waals surface area (Å²) in [5.41, 5.74) is 6.42. The smallest absolute Gasteiger partial charge is 0.227 e. The first-order valence-electron chi connectivity index (χ1n) is 13.4. The van der Waals surface area contributed by atoms with Crippen molar-refractivity contribution < 1.29 is 13.2 Å². The second kappa shape index (κ2) is 8.02. The maximum atomic E-state index is 15.4. The Morgan fingerprint density at radius 1 is 0.683 bits per heavy atom. The molecule has 0 spiro atoms. The number of hydrogen-bond donors (Lipinski definition) is 0. The van der Waals surface area contributed by atoms with Crippen molar-refractivity contribution in [3.8, 4) is 17.1 Å². The highest BCUT2D eigenvalue weighted by Crippen LogP contribution is 2.41. The number of aryl methyl sites for hydroxylation is 1. The Morgan fingerprint density at radius 2 is 1.49 bits per heavy atom. The van der Waals surface area contributed by atoms with E-state index in [0.717, 1.165) is 55.1 Å². The molecule has 0 aliphatic rings. The number of rotatable bonds is 2. The molecule has 0 unspecified atom stereocenters. The molecule has 0 bridgehead atoms. The van der Waals surface area contributed by atoms with Crippen LogP contribution < -0.4 is 0 Å². The van der Waals surface area contributed by atoms with Gasteiger partial charge in [0.15, 0.2) is 11.2 Å². The van der Waals surface area contributed by atoms with Gasteiger partial charge in [0.2, 0.25) is 5.71 Å². The zero-order chi connectivity index (χ0) is 27.2. The Morgan fingerprint density at radius 3 is 2.39 bits per heavy atom. The Kier molecular flexibility index (Phi) is 4.37. The molecule has 0 atom stereocenters. The van der Waals surface area contributed by atoms with Crippen molar-refractivity contribution in [3.63, 3.8) is 0 Å². The van der Waals surface area contributed by atoms with E-state index in [1.165, 1.54) is 6.07 Å². The lowest BCUT2D eigenvalue weighted by molar-refractivity contribution is 0.631. The van der Waals surface area contributed by atoms with Gasteiger partial charge in [0.25, 0.3) is 0 Å². The molecule has 9 rings (SSSR count). The summed E-state index contributed by atoms with van der Waals surface area (Å²) in [5, 5.41) is 5.28. The third-order valence-electron chi connectivity index (χ3n) is 7.96. The van der Waals surface area contributed by atoms with E-state index in [-0.39, 0.29) is 5.82 Å². The molecule has 9 aromatic rings. The third-order valence-corrected chi connectivity index (χ3v) is 7.96. The fourth-order valence-corrected chi connectivity index (χ4v) is 6.09. The van der Waals surface area contributed by atoms with Crippen LogP contribution in [0.5, 0.6) is 0 Å². The monoisotopic (exact) mass is 533 g/mol. The number of hydrogen-bond acceptors (Lipinski definition) is 4. The molecule has 194 valence electrons. The maximum absolute atomic E-state index is 15.4. The van der Waals surface area contributed by atoms with Crippen molar-refractivity contribution in [3.05, 3.63) is 115 Å². The molecular weight excluding hydrogens is 513 g/mol. The van der Waals surface area contributed by atoms with Crippen LogP contribution in [0.3, 0.4) is 0 Å². The van der Waals surface area contributed by atoms with Gasteiger partial charge in [-0.1, -0.05) is 54.6 Å². The summed E-state index contributed by atoms with van der Waals surface area (Å²) in [5.74, 6) is 0.268. The third kappa shape index (κ3) is 3.10. The van der Waals surface area contributed by atoms with Gasteiger partial charge in [-0.3, -0.25) is 4.57 Å². The molecule has 0 aliphatic carbocycles. The second-order valence-electron chi connectivity index (χ2n) is 10.4. The van der Waals surface area contributed by atoms with Crippen molar-refractivity contribution in [1.29, 1.82) is 0 Å². The minimum absolute atomic E-state index is 0.360. The normalized spacial score (nSPS) is 12.1. The molecule has 0 N–H and O–H groups in total. The summed E-state index contributed by atoms with van der Waals surface area (Å²) in [4.78, 5) is 9.69. The summed E-state index contributed by atoms with van der Waals surface area (Å²) >= 11 is 0. The van der Waals surface area contributed by atoms with Crippen molar-refractivity contribution in [2.24, 2.45) is 0 Å². The topological polar surface area (TPSA) is 57.0 Å². The average Bonchev–Trinajstić information content (AvgIpc) is 3.67. The standard InChI is InChI=1S/C35H20FN3O2/c1-19-13-14-24-31-26(36)16-15-25(33(31)41-35(24)37-19)34-38-27-17-20-7-2-3-8-21(20)18-29(27)39(34)28-11-6-10-23-22-9-4-5-12-30(22)40-32(23)28/h2-18H,1H3. The van der Waals surface area contributed by atoms with Crippen molar-refractivity contribution in [1.82, 2.24) is 14.5 Å². The first-order chi connectivity index (χ1) is 20.1. The molecule has 5 aromatic carbocycles. The van der Waals surface area contributed by atoms with Crippen molar-refractivity contribution in [2.75, 3.05) is 0 Å². The van der Waals surface area contributed by atoms with Crippen molar-refractivity contribution >= 4 is 65.8 Å². The lowest BCUT2D eigenvalue weighted by Crippen LogP contribution is -1.99. The zero-order valence-corrected chi connectivity index (χ0v) is 21.9. The molecule has 0 saturated carbocycles. The lowest BCUT2D eigenvalue weighted by Gasteiger charge is -2.11. The van der Waals surface area contributed by atoms with Gasteiger partial charge < -0.3 is 8.83 Å². The first kappa shape index (κ1) is 22.3. The minimum Gasteiger partial charge on any atom is -0.454 e. The number of benzene rings is 5. The number of furan rings is 2. The lowest BCUT2D eigenvalue weighted by atomic mass is 10.1. The van der Waals surface area contributed by atoms with E-state index in [9.17, 15) is 0 Å². The fraction of sp³-hybridized carbons (Fsp3) is 0.0286. The highest BCUT2D eigenvalue weighted by molar-refractivity contribution is 6.11. The summed E-state index contributed by atoms with van der Waals surface area (Å²) < 4.78 is 30.2. The number of imidazole rings is 1. The molecule has 6 heteroatoms. The van der Waals surface area contributed by atoms with Crippen LogP contribution >= 0.6 is 0 Å². The predicted molar refractivity (Wildman–Crippen MR) is 161 cm³/mol. The summed E-state index contributed by atoms with van der Waals surface area (Å²) in [6.07, 6.45) is 0. The van der Waals surface area contributed by atoms with Crippen LogP contribution in [0.2, 0.25) is 0 Å². The highest BCUT2D eigenvalue weighted by Gasteiger charge is 2.24. The number of para-hydroxylation sites is 2. The number of aromatic nitrogens is 3.